The molecule has 2 aromatic carbocycles. The first-order valence-corrected chi connectivity index (χ1v) is 21.5. The number of nitrogens with zero attached hydrogens (tertiary/aromatic N) is 5. The Morgan fingerprint density at radius 1 is 0.935 bits per heavy atom. The third kappa shape index (κ3) is 10.8. The van der Waals surface area contributed by atoms with Gasteiger partial charge < -0.3 is 39.8 Å². The number of aromatic amines is 1. The summed E-state index contributed by atoms with van der Waals surface area (Å²) in [4.78, 5) is 67.6. The first kappa shape index (κ1) is 46.5. The zero-order chi connectivity index (χ0) is 45.3. The number of aromatic nitrogens is 2. The summed E-state index contributed by atoms with van der Waals surface area (Å²) in [6.45, 7) is 17.0. The topological polar surface area (TPSA) is 152 Å². The first-order chi connectivity index (χ1) is 29.1. The number of likely N-dealkylation sites (tertiary alicyclic amines) is 2. The number of halogens is 4. The number of piperazine rings is 1. The standard InChI is InChI=1S/C44H58ClF3N8O6/c1-25(2)37(52-42(60)61-8)39(57)56-23-26(3)19-35(56)38-49-22-34(50-38)29-11-9-28(10-12-29)31-20-32(45)33(21-36(31)62-44(46,47)48)51-41(59)53-15-13-30(14-16-53)55-18-17-54(24-27(55)4)40(58)43(5,6)7/h9-12,20-22,25-27,30,35,37H,13-19,23-24H2,1-8H3,(H,49,50)(H,51,59)(H,52,60)/t26-,27?,35-,37-/m0/s1. The molecule has 6 rings (SSSR count). The second-order valence-corrected chi connectivity index (χ2v) is 18.5. The predicted molar refractivity (Wildman–Crippen MR) is 229 cm³/mol. The Hall–Kier alpha value is -5.03. The van der Waals surface area contributed by atoms with Crippen LogP contribution in [0.2, 0.25) is 5.02 Å². The summed E-state index contributed by atoms with van der Waals surface area (Å²) in [6, 6.07) is 7.89. The number of hydrogen-bond donors (Lipinski definition) is 3. The van der Waals surface area contributed by atoms with E-state index < -0.39 is 35.7 Å². The number of alkyl carbamates (subject to hydrolysis) is 1. The van der Waals surface area contributed by atoms with Crippen LogP contribution in [0.3, 0.4) is 0 Å². The number of hydrogen-bond acceptors (Lipinski definition) is 8. The lowest BCUT2D eigenvalue weighted by molar-refractivity contribution is -0.274. The summed E-state index contributed by atoms with van der Waals surface area (Å²) in [6.07, 6.45) is -2.01. The zero-order valence-corrected chi connectivity index (χ0v) is 37.3. The van der Waals surface area contributed by atoms with Gasteiger partial charge in [0.15, 0.2) is 0 Å². The second-order valence-electron chi connectivity index (χ2n) is 18.1. The molecule has 1 unspecified atom stereocenters. The van der Waals surface area contributed by atoms with E-state index in [2.05, 4.69) is 37.2 Å². The number of anilines is 1. The van der Waals surface area contributed by atoms with Crippen LogP contribution in [0, 0.1) is 17.3 Å². The number of piperidine rings is 1. The predicted octanol–water partition coefficient (Wildman–Crippen LogP) is 8.16. The smallest absolute Gasteiger partial charge is 0.453 e. The molecule has 0 bridgehead atoms. The molecule has 14 nitrogen and oxygen atoms in total. The van der Waals surface area contributed by atoms with Gasteiger partial charge in [0.05, 0.1) is 35.8 Å². The van der Waals surface area contributed by atoms with E-state index in [9.17, 15) is 32.3 Å². The highest BCUT2D eigenvalue weighted by molar-refractivity contribution is 6.34. The van der Waals surface area contributed by atoms with E-state index >= 15 is 0 Å². The van der Waals surface area contributed by atoms with Crippen molar-refractivity contribution in [3.8, 4) is 28.1 Å². The van der Waals surface area contributed by atoms with E-state index in [1.807, 2.05) is 46.4 Å². The second kappa shape index (κ2) is 18.8. The molecule has 3 aromatic rings. The minimum Gasteiger partial charge on any atom is -0.453 e. The van der Waals surface area contributed by atoms with Gasteiger partial charge in [-0.1, -0.05) is 77.4 Å². The number of urea groups is 1. The van der Waals surface area contributed by atoms with Crippen LogP contribution in [0.15, 0.2) is 42.6 Å². The molecule has 338 valence electrons. The lowest BCUT2D eigenvalue weighted by atomic mass is 9.93. The molecule has 3 saturated heterocycles. The van der Waals surface area contributed by atoms with E-state index in [1.54, 1.807) is 40.3 Å². The van der Waals surface area contributed by atoms with Gasteiger partial charge in [-0.2, -0.15) is 0 Å². The van der Waals surface area contributed by atoms with Gasteiger partial charge in [0.2, 0.25) is 11.8 Å². The molecule has 3 N–H and O–H groups in total. The molecule has 62 heavy (non-hydrogen) atoms. The Morgan fingerprint density at radius 3 is 2.19 bits per heavy atom. The SMILES string of the molecule is COC(=O)N[C@H](C(=O)N1C[C@@H](C)C[C@H]1c1ncc(-c2ccc(-c3cc(Cl)c(NC(=O)N4CCC(N5CCN(C(=O)C(C)(C)C)CC5C)CC4)cc3OC(F)(F)F)cc2)[nH]1)C(C)C. The molecule has 3 aliphatic rings. The molecule has 3 fully saturated rings. The molecule has 0 aliphatic carbocycles. The van der Waals surface area contributed by atoms with Gasteiger partial charge in [0.1, 0.15) is 17.6 Å². The van der Waals surface area contributed by atoms with E-state index in [0.717, 1.165) is 12.6 Å². The summed E-state index contributed by atoms with van der Waals surface area (Å²) in [7, 11) is 1.24. The molecule has 3 aliphatic heterocycles. The summed E-state index contributed by atoms with van der Waals surface area (Å²) in [5.41, 5.74) is 1.30. The van der Waals surface area contributed by atoms with Gasteiger partial charge in [-0.25, -0.2) is 14.6 Å². The van der Waals surface area contributed by atoms with Crippen molar-refractivity contribution in [3.63, 3.8) is 0 Å². The summed E-state index contributed by atoms with van der Waals surface area (Å²) >= 11 is 6.64. The van der Waals surface area contributed by atoms with Gasteiger partial charge in [-0.15, -0.1) is 13.2 Å². The highest BCUT2D eigenvalue weighted by Crippen LogP contribution is 2.41. The average molecular weight is 887 g/mol. The van der Waals surface area contributed by atoms with Gasteiger partial charge in [-0.3, -0.25) is 14.5 Å². The number of methoxy groups -OCH3 is 1. The number of carbonyl (C=O) groups is 4. The summed E-state index contributed by atoms with van der Waals surface area (Å²) in [5, 5.41) is 5.38. The van der Waals surface area contributed by atoms with Gasteiger partial charge >= 0.3 is 18.5 Å². The molecule has 0 spiro atoms. The minimum atomic E-state index is -5.03. The summed E-state index contributed by atoms with van der Waals surface area (Å²) < 4.78 is 50.6. The molecule has 4 atom stereocenters. The molecular formula is C44H58ClF3N8O6. The Kier molecular flexibility index (Phi) is 14.1. The number of alkyl halides is 3. The number of ether oxygens (including phenoxy) is 2. The maximum absolute atomic E-state index is 13.8. The van der Waals surface area contributed by atoms with Crippen LogP contribution in [-0.4, -0.2) is 124 Å². The Balaban J connectivity index is 1.12. The van der Waals surface area contributed by atoms with E-state index in [4.69, 9.17) is 16.3 Å². The van der Waals surface area contributed by atoms with E-state index in [0.29, 0.717) is 74.6 Å². The fraction of sp³-hybridized carbons (Fsp3) is 0.568. The van der Waals surface area contributed by atoms with Crippen molar-refractivity contribution < 1.29 is 41.8 Å². The third-order valence-corrected chi connectivity index (χ3v) is 12.3. The number of H-pyrrole nitrogens is 1. The largest absolute Gasteiger partial charge is 0.573 e. The number of carbonyl (C=O) groups excluding carboxylic acids is 4. The van der Waals surface area contributed by atoms with Crippen molar-refractivity contribution in [1.29, 1.82) is 0 Å². The van der Waals surface area contributed by atoms with Gasteiger partial charge in [0, 0.05) is 68.4 Å². The maximum atomic E-state index is 13.8. The normalized spacial score (nSPS) is 20.9. The van der Waals surface area contributed by atoms with E-state index in [-0.39, 0.29) is 58.0 Å². The molecule has 18 heteroatoms. The fourth-order valence-corrected chi connectivity index (χ4v) is 8.97. The van der Waals surface area contributed by atoms with Gasteiger partial charge in [-0.05, 0) is 55.2 Å². The van der Waals surface area contributed by atoms with Crippen LogP contribution in [0.4, 0.5) is 28.4 Å². The van der Waals surface area contributed by atoms with Crippen LogP contribution >= 0.6 is 11.6 Å². The maximum Gasteiger partial charge on any atom is 0.573 e. The molecule has 5 amide bonds. The number of benzene rings is 2. The minimum absolute atomic E-state index is 0.0220. The highest BCUT2D eigenvalue weighted by atomic mass is 35.5. The Bertz CT molecular complexity index is 2100. The van der Waals surface area contributed by atoms with Crippen molar-refractivity contribution >= 4 is 41.2 Å². The van der Waals surface area contributed by atoms with Crippen molar-refractivity contribution in [2.75, 3.05) is 51.7 Å². The lowest BCUT2D eigenvalue weighted by Gasteiger charge is -2.47. The summed E-state index contributed by atoms with van der Waals surface area (Å²) in [5.74, 6) is -0.0930. The van der Waals surface area contributed by atoms with Crippen LogP contribution in [0.1, 0.15) is 79.6 Å². The van der Waals surface area contributed by atoms with Gasteiger partial charge in [0.25, 0.3) is 0 Å². The highest BCUT2D eigenvalue weighted by Gasteiger charge is 2.41. The zero-order valence-electron chi connectivity index (χ0n) is 36.6. The van der Waals surface area contributed by atoms with Crippen molar-refractivity contribution in [2.45, 2.75) is 98.3 Å². The Morgan fingerprint density at radius 2 is 1.60 bits per heavy atom. The first-order valence-electron chi connectivity index (χ1n) is 21.1. The van der Waals surface area contributed by atoms with Crippen molar-refractivity contribution in [3.05, 3.63) is 53.4 Å². The molecular weight excluding hydrogens is 829 g/mol. The third-order valence-electron chi connectivity index (χ3n) is 12.0. The number of imidazole rings is 1. The quantitative estimate of drug-likeness (QED) is 0.195. The molecule has 1 aromatic heterocycles. The van der Waals surface area contributed by atoms with Crippen LogP contribution in [0.25, 0.3) is 22.4 Å². The van der Waals surface area contributed by atoms with E-state index in [1.165, 1.54) is 13.2 Å². The van der Waals surface area contributed by atoms with Crippen LogP contribution < -0.4 is 15.4 Å². The molecule has 0 saturated carbocycles. The Labute approximate surface area is 365 Å². The van der Waals surface area contributed by atoms with Crippen molar-refractivity contribution in [2.24, 2.45) is 17.3 Å². The molecule has 4 heterocycles. The molecule has 0 radical (unpaired) electrons. The monoisotopic (exact) mass is 886 g/mol. The van der Waals surface area contributed by atoms with Crippen LogP contribution in [-0.2, 0) is 14.3 Å². The van der Waals surface area contributed by atoms with Crippen LogP contribution in [0.5, 0.6) is 5.75 Å². The number of amides is 5. The fourth-order valence-electron chi connectivity index (χ4n) is 8.76. The lowest BCUT2D eigenvalue weighted by Crippen LogP contribution is -2.60. The van der Waals surface area contributed by atoms with Crippen molar-refractivity contribution in [1.82, 2.24) is 34.9 Å². The average Bonchev–Trinajstić information content (AvgIpc) is 3.86. The number of nitrogens with one attached hydrogen (secondary N) is 3. The number of rotatable bonds is 9.